The highest BCUT2D eigenvalue weighted by atomic mass is 16.5. The fraction of sp³-hybridized carbons (Fsp3) is 0.667. The fourth-order valence-corrected chi connectivity index (χ4v) is 3.83. The standard InChI is InChI=1S/C18H27NO/c1-4-5-11-19-12-10-17-15(13-19)14-8-6-7-9-16(14)18(2,3)20-17/h6-9,15,17H,4-5,10-13H2,1-3H3/t15-,17+/m1/s1. The molecule has 0 spiro atoms. The van der Waals surface area contributed by atoms with Crippen LogP contribution >= 0.6 is 0 Å². The van der Waals surface area contributed by atoms with E-state index in [-0.39, 0.29) is 5.60 Å². The first-order chi connectivity index (χ1) is 9.62. The second-order valence-corrected chi connectivity index (χ2v) is 6.80. The van der Waals surface area contributed by atoms with Gasteiger partial charge in [-0.3, -0.25) is 0 Å². The summed E-state index contributed by atoms with van der Waals surface area (Å²) in [6, 6.07) is 8.89. The number of fused-ring (bicyclic) bond motifs is 3. The van der Waals surface area contributed by atoms with Crippen LogP contribution in [0.25, 0.3) is 0 Å². The first kappa shape index (κ1) is 14.1. The van der Waals surface area contributed by atoms with Crippen LogP contribution in [-0.2, 0) is 10.3 Å². The van der Waals surface area contributed by atoms with E-state index in [1.165, 1.54) is 43.5 Å². The molecule has 0 saturated carbocycles. The molecule has 2 nitrogen and oxygen atoms in total. The first-order valence-corrected chi connectivity index (χ1v) is 8.11. The molecule has 2 heteroatoms. The summed E-state index contributed by atoms with van der Waals surface area (Å²) in [5.41, 5.74) is 2.78. The number of benzene rings is 1. The summed E-state index contributed by atoms with van der Waals surface area (Å²) in [6.45, 7) is 10.3. The van der Waals surface area contributed by atoms with Crippen molar-refractivity contribution in [2.75, 3.05) is 19.6 Å². The predicted molar refractivity (Wildman–Crippen MR) is 83.0 cm³/mol. The molecule has 2 atom stereocenters. The van der Waals surface area contributed by atoms with Crippen molar-refractivity contribution < 1.29 is 4.74 Å². The number of ether oxygens (including phenoxy) is 1. The topological polar surface area (TPSA) is 12.5 Å². The van der Waals surface area contributed by atoms with Crippen LogP contribution in [0, 0.1) is 0 Å². The second-order valence-electron chi connectivity index (χ2n) is 6.80. The molecule has 0 bridgehead atoms. The van der Waals surface area contributed by atoms with E-state index in [1.807, 2.05) is 0 Å². The number of unbranched alkanes of at least 4 members (excludes halogenated alkanes) is 1. The second kappa shape index (κ2) is 5.50. The smallest absolute Gasteiger partial charge is 0.0882 e. The van der Waals surface area contributed by atoms with Gasteiger partial charge in [0.25, 0.3) is 0 Å². The zero-order valence-corrected chi connectivity index (χ0v) is 13.1. The average molecular weight is 273 g/mol. The fourth-order valence-electron chi connectivity index (χ4n) is 3.83. The Morgan fingerprint density at radius 1 is 1.30 bits per heavy atom. The van der Waals surface area contributed by atoms with E-state index in [0.29, 0.717) is 12.0 Å². The molecule has 1 aromatic carbocycles. The quantitative estimate of drug-likeness (QED) is 0.828. The molecule has 2 heterocycles. The molecular weight excluding hydrogens is 246 g/mol. The van der Waals surface area contributed by atoms with Crippen LogP contribution in [0.5, 0.6) is 0 Å². The number of likely N-dealkylation sites (tertiary alicyclic amines) is 1. The van der Waals surface area contributed by atoms with Gasteiger partial charge in [-0.15, -0.1) is 0 Å². The van der Waals surface area contributed by atoms with Crippen molar-refractivity contribution in [2.24, 2.45) is 0 Å². The lowest BCUT2D eigenvalue weighted by atomic mass is 9.77. The van der Waals surface area contributed by atoms with Crippen LogP contribution < -0.4 is 0 Å². The SMILES string of the molecule is CCCCN1CC[C@@H]2OC(C)(C)c3ccccc3[C@H]2C1. The highest BCUT2D eigenvalue weighted by Gasteiger charge is 2.42. The van der Waals surface area contributed by atoms with Gasteiger partial charge in [-0.05, 0) is 44.4 Å². The maximum absolute atomic E-state index is 6.43. The van der Waals surface area contributed by atoms with Crippen LogP contribution in [0.4, 0.5) is 0 Å². The molecule has 20 heavy (non-hydrogen) atoms. The average Bonchev–Trinajstić information content (AvgIpc) is 2.45. The first-order valence-electron chi connectivity index (χ1n) is 8.11. The summed E-state index contributed by atoms with van der Waals surface area (Å²) in [5, 5.41) is 0. The molecule has 3 rings (SSSR count). The minimum Gasteiger partial charge on any atom is -0.367 e. The van der Waals surface area contributed by atoms with Crippen molar-refractivity contribution in [1.82, 2.24) is 4.90 Å². The van der Waals surface area contributed by atoms with Crippen molar-refractivity contribution in [2.45, 2.75) is 57.7 Å². The molecule has 0 radical (unpaired) electrons. The Hall–Kier alpha value is -0.860. The molecule has 0 N–H and O–H groups in total. The Balaban J connectivity index is 1.85. The summed E-state index contributed by atoms with van der Waals surface area (Å²) in [6.07, 6.45) is 4.17. The Bertz CT molecular complexity index is 468. The van der Waals surface area contributed by atoms with Gasteiger partial charge < -0.3 is 9.64 Å². The lowest BCUT2D eigenvalue weighted by Crippen LogP contribution is -2.49. The summed E-state index contributed by atoms with van der Waals surface area (Å²) in [5.74, 6) is 0.560. The van der Waals surface area contributed by atoms with Gasteiger partial charge in [0.15, 0.2) is 0 Å². The van der Waals surface area contributed by atoms with Crippen molar-refractivity contribution in [3.63, 3.8) is 0 Å². The van der Waals surface area contributed by atoms with E-state index >= 15 is 0 Å². The molecule has 1 saturated heterocycles. The molecular formula is C18H27NO. The van der Waals surface area contributed by atoms with Crippen molar-refractivity contribution in [3.8, 4) is 0 Å². The minimum absolute atomic E-state index is 0.136. The van der Waals surface area contributed by atoms with Gasteiger partial charge in [-0.2, -0.15) is 0 Å². The van der Waals surface area contributed by atoms with E-state index in [1.54, 1.807) is 0 Å². The van der Waals surface area contributed by atoms with Gasteiger partial charge in [0.05, 0.1) is 11.7 Å². The largest absolute Gasteiger partial charge is 0.367 e. The predicted octanol–water partition coefficient (Wildman–Crippen LogP) is 3.91. The number of piperidine rings is 1. The van der Waals surface area contributed by atoms with E-state index < -0.39 is 0 Å². The van der Waals surface area contributed by atoms with Gasteiger partial charge in [0.1, 0.15) is 0 Å². The van der Waals surface area contributed by atoms with E-state index in [2.05, 4.69) is 49.9 Å². The Morgan fingerprint density at radius 2 is 2.10 bits per heavy atom. The molecule has 2 aliphatic rings. The number of rotatable bonds is 3. The van der Waals surface area contributed by atoms with E-state index in [0.717, 1.165) is 6.54 Å². The molecule has 2 aliphatic heterocycles. The van der Waals surface area contributed by atoms with Crippen LogP contribution in [-0.4, -0.2) is 30.6 Å². The number of hydrogen-bond acceptors (Lipinski definition) is 2. The van der Waals surface area contributed by atoms with Gasteiger partial charge in [0, 0.05) is 19.0 Å². The van der Waals surface area contributed by atoms with Gasteiger partial charge in [0.2, 0.25) is 0 Å². The molecule has 1 aromatic rings. The summed E-state index contributed by atoms with van der Waals surface area (Å²) in [4.78, 5) is 2.63. The minimum atomic E-state index is -0.136. The van der Waals surface area contributed by atoms with Crippen molar-refractivity contribution in [3.05, 3.63) is 35.4 Å². The maximum atomic E-state index is 6.43. The molecule has 0 aliphatic carbocycles. The summed E-state index contributed by atoms with van der Waals surface area (Å²) < 4.78 is 6.43. The highest BCUT2D eigenvalue weighted by molar-refractivity contribution is 5.38. The Morgan fingerprint density at radius 3 is 2.90 bits per heavy atom. The Labute approximate surface area is 123 Å². The third-order valence-corrected chi connectivity index (χ3v) is 4.92. The highest BCUT2D eigenvalue weighted by Crippen LogP contribution is 2.44. The molecule has 1 fully saturated rings. The summed E-state index contributed by atoms with van der Waals surface area (Å²) in [7, 11) is 0. The lowest BCUT2D eigenvalue weighted by molar-refractivity contribution is -0.120. The third kappa shape index (κ3) is 2.51. The number of hydrogen-bond donors (Lipinski definition) is 0. The van der Waals surface area contributed by atoms with Crippen LogP contribution in [0.3, 0.4) is 0 Å². The van der Waals surface area contributed by atoms with Gasteiger partial charge >= 0.3 is 0 Å². The van der Waals surface area contributed by atoms with E-state index in [9.17, 15) is 0 Å². The third-order valence-electron chi connectivity index (χ3n) is 4.92. The number of nitrogens with zero attached hydrogens (tertiary/aromatic N) is 1. The molecule has 0 amide bonds. The normalized spacial score (nSPS) is 28.8. The zero-order chi connectivity index (χ0) is 14.2. The monoisotopic (exact) mass is 273 g/mol. The van der Waals surface area contributed by atoms with Crippen LogP contribution in [0.2, 0.25) is 0 Å². The maximum Gasteiger partial charge on any atom is 0.0882 e. The van der Waals surface area contributed by atoms with Crippen molar-refractivity contribution in [1.29, 1.82) is 0 Å². The van der Waals surface area contributed by atoms with E-state index in [4.69, 9.17) is 4.74 Å². The molecule has 0 unspecified atom stereocenters. The zero-order valence-electron chi connectivity index (χ0n) is 13.1. The summed E-state index contributed by atoms with van der Waals surface area (Å²) >= 11 is 0. The van der Waals surface area contributed by atoms with Gasteiger partial charge in [-0.1, -0.05) is 37.6 Å². The lowest BCUT2D eigenvalue weighted by Gasteiger charge is -2.47. The van der Waals surface area contributed by atoms with Crippen molar-refractivity contribution >= 4 is 0 Å². The van der Waals surface area contributed by atoms with Crippen LogP contribution in [0.1, 0.15) is 57.1 Å². The molecule has 0 aromatic heterocycles. The Kier molecular flexibility index (Phi) is 3.87. The molecule has 110 valence electrons. The van der Waals surface area contributed by atoms with Gasteiger partial charge in [-0.25, -0.2) is 0 Å². The van der Waals surface area contributed by atoms with Crippen LogP contribution in [0.15, 0.2) is 24.3 Å².